The molecule has 0 radical (unpaired) electrons. The predicted molar refractivity (Wildman–Crippen MR) is 61.2 cm³/mol. The maximum absolute atomic E-state index is 13.6. The van der Waals surface area contributed by atoms with Crippen LogP contribution in [0, 0.1) is 11.6 Å². The predicted octanol–water partition coefficient (Wildman–Crippen LogP) is 1.36. The van der Waals surface area contributed by atoms with Crippen molar-refractivity contribution in [2.75, 3.05) is 13.2 Å². The Kier molecular flexibility index (Phi) is 5.78. The van der Waals surface area contributed by atoms with Gasteiger partial charge in [0.05, 0.1) is 18.5 Å². The van der Waals surface area contributed by atoms with E-state index in [1.54, 1.807) is 13.8 Å². The van der Waals surface area contributed by atoms with Gasteiger partial charge in [0.25, 0.3) is 0 Å². The van der Waals surface area contributed by atoms with Crippen LogP contribution in [0.4, 0.5) is 8.78 Å². The Hall–Kier alpha value is -1.60. The van der Waals surface area contributed by atoms with Gasteiger partial charge in [0, 0.05) is 12.7 Å². The number of pyridine rings is 1. The highest BCUT2D eigenvalue weighted by molar-refractivity contribution is 5.78. The Bertz CT molecular complexity index is 442. The lowest BCUT2D eigenvalue weighted by atomic mass is 10.0. The molecule has 1 rings (SSSR count). The number of carbonyl (C=O) groups excluding carboxylic acids is 1. The topological polar surface area (TPSA) is 68.7 Å². The van der Waals surface area contributed by atoms with Crippen LogP contribution in [-0.2, 0) is 14.3 Å². The van der Waals surface area contributed by atoms with Gasteiger partial charge in [-0.3, -0.25) is 9.78 Å². The molecule has 7 heteroatoms. The summed E-state index contributed by atoms with van der Waals surface area (Å²) < 4.78 is 36.0. The number of hydrogen-bond acceptors (Lipinski definition) is 5. The molecule has 0 aliphatic carbocycles. The number of aliphatic hydroxyl groups excluding tert-OH is 1. The van der Waals surface area contributed by atoms with E-state index in [0.717, 1.165) is 6.20 Å². The van der Waals surface area contributed by atoms with Gasteiger partial charge in [0.1, 0.15) is 11.6 Å². The first-order valence-corrected chi connectivity index (χ1v) is 5.78. The summed E-state index contributed by atoms with van der Waals surface area (Å²) in [6, 6.07) is 0.577. The van der Waals surface area contributed by atoms with Gasteiger partial charge in [-0.1, -0.05) is 0 Å². The molecule has 0 saturated carbocycles. The molecule has 0 amide bonds. The fourth-order valence-corrected chi connectivity index (χ4v) is 1.52. The summed E-state index contributed by atoms with van der Waals surface area (Å²) in [5.41, 5.74) is -0.416. The van der Waals surface area contributed by atoms with Gasteiger partial charge >= 0.3 is 5.97 Å². The maximum atomic E-state index is 13.6. The molecule has 2 unspecified atom stereocenters. The number of esters is 1. The van der Waals surface area contributed by atoms with Crippen molar-refractivity contribution >= 4 is 5.97 Å². The van der Waals surface area contributed by atoms with Gasteiger partial charge in [0.15, 0.2) is 12.2 Å². The van der Waals surface area contributed by atoms with E-state index < -0.39 is 35.5 Å². The fraction of sp³-hybridized carbons (Fsp3) is 0.500. The van der Waals surface area contributed by atoms with Crippen molar-refractivity contribution < 1.29 is 28.2 Å². The highest BCUT2D eigenvalue weighted by Crippen LogP contribution is 2.23. The van der Waals surface area contributed by atoms with Crippen LogP contribution in [-0.4, -0.2) is 35.6 Å². The number of ether oxygens (including phenoxy) is 2. The zero-order valence-corrected chi connectivity index (χ0v) is 10.6. The quantitative estimate of drug-likeness (QED) is 0.627. The summed E-state index contributed by atoms with van der Waals surface area (Å²) in [6.45, 7) is 3.33. The third kappa shape index (κ3) is 3.93. The largest absolute Gasteiger partial charge is 0.465 e. The summed E-state index contributed by atoms with van der Waals surface area (Å²) in [4.78, 5) is 15.2. The lowest BCUT2D eigenvalue weighted by molar-refractivity contribution is -0.164. The minimum atomic E-state index is -1.61. The van der Waals surface area contributed by atoms with E-state index in [1.165, 1.54) is 0 Å². The normalized spacial score (nSPS) is 13.9. The van der Waals surface area contributed by atoms with Crippen molar-refractivity contribution in [3.05, 3.63) is 29.6 Å². The van der Waals surface area contributed by atoms with Crippen molar-refractivity contribution in [2.24, 2.45) is 0 Å². The van der Waals surface area contributed by atoms with Crippen molar-refractivity contribution in [3.8, 4) is 0 Å². The highest BCUT2D eigenvalue weighted by atomic mass is 19.1. The van der Waals surface area contributed by atoms with Gasteiger partial charge in [-0.05, 0) is 13.8 Å². The zero-order chi connectivity index (χ0) is 14.4. The summed E-state index contributed by atoms with van der Waals surface area (Å²) in [5, 5.41) is 9.73. The summed E-state index contributed by atoms with van der Waals surface area (Å²) in [5.74, 6) is -4.27. The van der Waals surface area contributed by atoms with E-state index in [0.29, 0.717) is 6.07 Å². The molecule has 5 nitrogen and oxygen atoms in total. The molecule has 1 N–H and O–H groups in total. The maximum Gasteiger partial charge on any atom is 0.320 e. The smallest absolute Gasteiger partial charge is 0.320 e. The number of aliphatic hydroxyl groups is 1. The zero-order valence-electron chi connectivity index (χ0n) is 10.6. The van der Waals surface area contributed by atoms with Crippen LogP contribution < -0.4 is 0 Å². The minimum Gasteiger partial charge on any atom is -0.465 e. The van der Waals surface area contributed by atoms with E-state index in [2.05, 4.69) is 4.98 Å². The number of aromatic nitrogens is 1. The van der Waals surface area contributed by atoms with E-state index in [1.807, 2.05) is 0 Å². The number of rotatable bonds is 6. The standard InChI is InChI=1S/C12H15F2NO4/c1-3-18-11(16)9(12(17)19-4-2)10-8(14)5-7(13)6-15-10/h5-6,9,11,16H,3-4H2,1-2H3. The molecule has 0 fully saturated rings. The van der Waals surface area contributed by atoms with Crippen molar-refractivity contribution in [1.82, 2.24) is 4.98 Å². The van der Waals surface area contributed by atoms with Crippen LogP contribution in [0.5, 0.6) is 0 Å². The molecule has 0 spiro atoms. The van der Waals surface area contributed by atoms with E-state index in [-0.39, 0.29) is 13.2 Å². The van der Waals surface area contributed by atoms with Crippen LogP contribution in [0.25, 0.3) is 0 Å². The fourth-order valence-electron chi connectivity index (χ4n) is 1.52. The summed E-state index contributed by atoms with van der Waals surface area (Å²) in [7, 11) is 0. The lowest BCUT2D eigenvalue weighted by Gasteiger charge is -2.20. The first-order valence-electron chi connectivity index (χ1n) is 5.78. The van der Waals surface area contributed by atoms with Crippen molar-refractivity contribution in [3.63, 3.8) is 0 Å². The lowest BCUT2D eigenvalue weighted by Crippen LogP contribution is -2.31. The van der Waals surface area contributed by atoms with Crippen LogP contribution in [0.3, 0.4) is 0 Å². The Balaban J connectivity index is 3.11. The second kappa shape index (κ2) is 7.10. The van der Waals surface area contributed by atoms with Crippen molar-refractivity contribution in [1.29, 1.82) is 0 Å². The van der Waals surface area contributed by atoms with Crippen LogP contribution in [0.2, 0.25) is 0 Å². The van der Waals surface area contributed by atoms with Crippen molar-refractivity contribution in [2.45, 2.75) is 26.1 Å². The molecule has 0 aromatic carbocycles. The molecule has 1 aromatic heterocycles. The van der Waals surface area contributed by atoms with Gasteiger partial charge in [-0.15, -0.1) is 0 Å². The second-order valence-corrected chi connectivity index (χ2v) is 3.60. The Morgan fingerprint density at radius 2 is 2.11 bits per heavy atom. The molecule has 0 aliphatic rings. The molecular weight excluding hydrogens is 260 g/mol. The summed E-state index contributed by atoms with van der Waals surface area (Å²) >= 11 is 0. The molecule has 0 aliphatic heterocycles. The molecular formula is C12H15F2NO4. The first-order chi connectivity index (χ1) is 9.01. The summed E-state index contributed by atoms with van der Waals surface area (Å²) in [6.07, 6.45) is -0.861. The molecule has 0 bridgehead atoms. The van der Waals surface area contributed by atoms with E-state index in [4.69, 9.17) is 9.47 Å². The van der Waals surface area contributed by atoms with Gasteiger partial charge < -0.3 is 14.6 Å². The first kappa shape index (κ1) is 15.5. The van der Waals surface area contributed by atoms with Crippen LogP contribution in [0.1, 0.15) is 25.5 Å². The number of halogens is 2. The highest BCUT2D eigenvalue weighted by Gasteiger charge is 2.34. The molecule has 0 saturated heterocycles. The average Bonchev–Trinajstić information content (AvgIpc) is 2.33. The second-order valence-electron chi connectivity index (χ2n) is 3.60. The van der Waals surface area contributed by atoms with Gasteiger partial charge in [-0.2, -0.15) is 0 Å². The SMILES string of the molecule is CCOC(=O)C(c1ncc(F)cc1F)C(O)OCC. The third-order valence-electron chi connectivity index (χ3n) is 2.29. The van der Waals surface area contributed by atoms with Gasteiger partial charge in [-0.25, -0.2) is 8.78 Å². The van der Waals surface area contributed by atoms with E-state index >= 15 is 0 Å². The molecule has 2 atom stereocenters. The molecule has 1 aromatic rings. The van der Waals surface area contributed by atoms with Crippen LogP contribution in [0.15, 0.2) is 12.3 Å². The Labute approximate surface area is 109 Å². The monoisotopic (exact) mass is 275 g/mol. The number of hydrogen-bond donors (Lipinski definition) is 1. The van der Waals surface area contributed by atoms with Gasteiger partial charge in [0.2, 0.25) is 0 Å². The average molecular weight is 275 g/mol. The minimum absolute atomic E-state index is 0.0526. The number of nitrogens with zero attached hydrogens (tertiary/aromatic N) is 1. The third-order valence-corrected chi connectivity index (χ3v) is 2.29. The molecule has 1 heterocycles. The Morgan fingerprint density at radius 3 is 2.63 bits per heavy atom. The van der Waals surface area contributed by atoms with E-state index in [9.17, 15) is 18.7 Å². The number of carbonyl (C=O) groups is 1. The molecule has 106 valence electrons. The van der Waals surface area contributed by atoms with Crippen LogP contribution >= 0.6 is 0 Å². The molecule has 19 heavy (non-hydrogen) atoms. The Morgan fingerprint density at radius 1 is 1.42 bits per heavy atom.